The molecule has 0 amide bonds. The van der Waals surface area contributed by atoms with Crippen molar-refractivity contribution in [3.8, 4) is 5.75 Å². The summed E-state index contributed by atoms with van der Waals surface area (Å²) in [6, 6.07) is 3.45. The highest BCUT2D eigenvalue weighted by molar-refractivity contribution is 7.89. The summed E-state index contributed by atoms with van der Waals surface area (Å²) in [4.78, 5) is -0.146. The third kappa shape index (κ3) is 2.47. The zero-order valence-electron chi connectivity index (χ0n) is 9.93. The average Bonchev–Trinajstić information content (AvgIpc) is 2.39. The quantitative estimate of drug-likeness (QED) is 0.821. The molecule has 1 fully saturated rings. The van der Waals surface area contributed by atoms with E-state index in [1.165, 1.54) is 17.5 Å². The van der Waals surface area contributed by atoms with E-state index in [9.17, 15) is 12.8 Å². The molecule has 7 heteroatoms. The Balaban J connectivity index is 2.42. The molecular weight excluding hydrogens is 261 g/mol. The van der Waals surface area contributed by atoms with E-state index in [4.69, 9.17) is 9.47 Å². The highest BCUT2D eigenvalue weighted by atomic mass is 32.2. The van der Waals surface area contributed by atoms with Crippen LogP contribution in [-0.2, 0) is 14.8 Å². The monoisotopic (exact) mass is 275 g/mol. The van der Waals surface area contributed by atoms with E-state index in [1.54, 1.807) is 0 Å². The Morgan fingerprint density at radius 3 is 2.61 bits per heavy atom. The number of benzene rings is 1. The van der Waals surface area contributed by atoms with Crippen molar-refractivity contribution in [3.63, 3.8) is 0 Å². The summed E-state index contributed by atoms with van der Waals surface area (Å²) < 4.78 is 49.2. The van der Waals surface area contributed by atoms with Gasteiger partial charge in [-0.3, -0.25) is 0 Å². The lowest BCUT2D eigenvalue weighted by atomic mass is 10.3. The van der Waals surface area contributed by atoms with Crippen LogP contribution in [0.4, 0.5) is 4.39 Å². The summed E-state index contributed by atoms with van der Waals surface area (Å²) in [5.74, 6) is -0.467. The summed E-state index contributed by atoms with van der Waals surface area (Å²) in [5.41, 5.74) is 0. The Bertz CT molecular complexity index is 526. The molecule has 1 heterocycles. The van der Waals surface area contributed by atoms with Crippen molar-refractivity contribution in [2.24, 2.45) is 0 Å². The number of methoxy groups -OCH3 is 1. The van der Waals surface area contributed by atoms with Gasteiger partial charge < -0.3 is 9.47 Å². The van der Waals surface area contributed by atoms with Gasteiger partial charge >= 0.3 is 0 Å². The maximum atomic E-state index is 13.2. The van der Waals surface area contributed by atoms with Crippen LogP contribution in [-0.4, -0.2) is 46.1 Å². The topological polar surface area (TPSA) is 55.8 Å². The van der Waals surface area contributed by atoms with Crippen molar-refractivity contribution < 1.29 is 22.3 Å². The maximum absolute atomic E-state index is 13.2. The van der Waals surface area contributed by atoms with Crippen LogP contribution in [0.5, 0.6) is 5.75 Å². The Kier molecular flexibility index (Phi) is 3.84. The molecule has 18 heavy (non-hydrogen) atoms. The van der Waals surface area contributed by atoms with Gasteiger partial charge in [-0.2, -0.15) is 4.31 Å². The van der Waals surface area contributed by atoms with Gasteiger partial charge in [0.05, 0.1) is 20.3 Å². The molecule has 0 aromatic heterocycles. The van der Waals surface area contributed by atoms with Gasteiger partial charge in [0, 0.05) is 13.1 Å². The lowest BCUT2D eigenvalue weighted by molar-refractivity contribution is 0.0729. The van der Waals surface area contributed by atoms with Gasteiger partial charge in [0.1, 0.15) is 16.5 Å². The van der Waals surface area contributed by atoms with E-state index in [-0.39, 0.29) is 23.7 Å². The molecule has 1 aromatic rings. The SMILES string of the molecule is COc1ccc(F)cc1S(=O)(=O)N1CCOCC1. The van der Waals surface area contributed by atoms with E-state index in [0.29, 0.717) is 13.2 Å². The van der Waals surface area contributed by atoms with E-state index < -0.39 is 15.8 Å². The first kappa shape index (κ1) is 13.3. The molecule has 0 unspecified atom stereocenters. The van der Waals surface area contributed by atoms with Crippen LogP contribution in [0.1, 0.15) is 0 Å². The Labute approximate surface area is 105 Å². The highest BCUT2D eigenvalue weighted by Gasteiger charge is 2.29. The van der Waals surface area contributed by atoms with E-state index >= 15 is 0 Å². The molecule has 0 N–H and O–H groups in total. The average molecular weight is 275 g/mol. The van der Waals surface area contributed by atoms with Crippen molar-refractivity contribution in [1.82, 2.24) is 4.31 Å². The maximum Gasteiger partial charge on any atom is 0.247 e. The standard InChI is InChI=1S/C11H14FNO4S/c1-16-10-3-2-9(12)8-11(10)18(14,15)13-4-6-17-7-5-13/h2-3,8H,4-7H2,1H3. The number of rotatable bonds is 3. The van der Waals surface area contributed by atoms with Crippen molar-refractivity contribution in [2.75, 3.05) is 33.4 Å². The van der Waals surface area contributed by atoms with Gasteiger partial charge in [-0.1, -0.05) is 0 Å². The van der Waals surface area contributed by atoms with Crippen molar-refractivity contribution in [3.05, 3.63) is 24.0 Å². The summed E-state index contributed by atoms with van der Waals surface area (Å²) in [6.07, 6.45) is 0. The summed E-state index contributed by atoms with van der Waals surface area (Å²) in [5, 5.41) is 0. The molecule has 2 rings (SSSR count). The van der Waals surface area contributed by atoms with E-state index in [1.807, 2.05) is 0 Å². The first-order chi connectivity index (χ1) is 8.55. The van der Waals surface area contributed by atoms with Gasteiger partial charge in [0.15, 0.2) is 0 Å². The number of halogens is 1. The molecular formula is C11H14FNO4S. The van der Waals surface area contributed by atoms with Gasteiger partial charge in [-0.15, -0.1) is 0 Å². The molecule has 0 aliphatic carbocycles. The third-order valence-electron chi connectivity index (χ3n) is 2.71. The van der Waals surface area contributed by atoms with Crippen LogP contribution >= 0.6 is 0 Å². The van der Waals surface area contributed by atoms with Crippen LogP contribution in [0.25, 0.3) is 0 Å². The predicted octanol–water partition coefficient (Wildman–Crippen LogP) is 0.855. The molecule has 1 aromatic carbocycles. The van der Waals surface area contributed by atoms with Crippen LogP contribution in [0.3, 0.4) is 0 Å². The molecule has 0 atom stereocenters. The molecule has 1 aliphatic rings. The highest BCUT2D eigenvalue weighted by Crippen LogP contribution is 2.27. The van der Waals surface area contributed by atoms with E-state index in [0.717, 1.165) is 12.1 Å². The van der Waals surface area contributed by atoms with Crippen LogP contribution in [0, 0.1) is 5.82 Å². The number of sulfonamides is 1. The number of hydrogen-bond donors (Lipinski definition) is 0. The first-order valence-corrected chi connectivity index (χ1v) is 6.91. The summed E-state index contributed by atoms with van der Waals surface area (Å²) >= 11 is 0. The fraction of sp³-hybridized carbons (Fsp3) is 0.455. The molecule has 1 saturated heterocycles. The minimum Gasteiger partial charge on any atom is -0.495 e. The molecule has 0 spiro atoms. The lowest BCUT2D eigenvalue weighted by Gasteiger charge is -2.26. The van der Waals surface area contributed by atoms with E-state index in [2.05, 4.69) is 0 Å². The summed E-state index contributed by atoms with van der Waals surface area (Å²) in [7, 11) is -2.39. The molecule has 0 radical (unpaired) electrons. The Morgan fingerprint density at radius 1 is 1.33 bits per heavy atom. The third-order valence-corrected chi connectivity index (χ3v) is 4.63. The Morgan fingerprint density at radius 2 is 2.00 bits per heavy atom. The molecule has 1 aliphatic heterocycles. The van der Waals surface area contributed by atoms with Crippen LogP contribution in [0.2, 0.25) is 0 Å². The minimum atomic E-state index is -3.74. The number of nitrogens with zero attached hydrogens (tertiary/aromatic N) is 1. The van der Waals surface area contributed by atoms with Crippen molar-refractivity contribution in [1.29, 1.82) is 0 Å². The molecule has 100 valence electrons. The van der Waals surface area contributed by atoms with Gasteiger partial charge in [-0.05, 0) is 18.2 Å². The molecule has 5 nitrogen and oxygen atoms in total. The normalized spacial score (nSPS) is 17.7. The number of morpholine rings is 1. The summed E-state index contributed by atoms with van der Waals surface area (Å²) in [6.45, 7) is 1.22. The zero-order valence-corrected chi connectivity index (χ0v) is 10.7. The largest absolute Gasteiger partial charge is 0.495 e. The molecule has 0 saturated carbocycles. The zero-order chi connectivity index (χ0) is 13.2. The smallest absolute Gasteiger partial charge is 0.247 e. The second-order valence-electron chi connectivity index (χ2n) is 3.81. The van der Waals surface area contributed by atoms with Crippen LogP contribution in [0.15, 0.2) is 23.1 Å². The van der Waals surface area contributed by atoms with Gasteiger partial charge in [0.2, 0.25) is 10.0 Å². The van der Waals surface area contributed by atoms with Crippen molar-refractivity contribution >= 4 is 10.0 Å². The van der Waals surface area contributed by atoms with Crippen molar-refractivity contribution in [2.45, 2.75) is 4.90 Å². The van der Waals surface area contributed by atoms with Crippen LogP contribution < -0.4 is 4.74 Å². The van der Waals surface area contributed by atoms with Gasteiger partial charge in [0.25, 0.3) is 0 Å². The number of ether oxygens (including phenoxy) is 2. The fourth-order valence-electron chi connectivity index (χ4n) is 1.78. The lowest BCUT2D eigenvalue weighted by Crippen LogP contribution is -2.40. The predicted molar refractivity (Wildman–Crippen MR) is 62.5 cm³/mol. The number of hydrogen-bond acceptors (Lipinski definition) is 4. The Hall–Kier alpha value is -1.18. The molecule has 0 bridgehead atoms. The minimum absolute atomic E-state index is 0.142. The second kappa shape index (κ2) is 5.21. The fourth-order valence-corrected chi connectivity index (χ4v) is 3.35. The first-order valence-electron chi connectivity index (χ1n) is 5.47. The second-order valence-corrected chi connectivity index (χ2v) is 5.72. The van der Waals surface area contributed by atoms with Gasteiger partial charge in [-0.25, -0.2) is 12.8 Å².